The van der Waals surface area contributed by atoms with Crippen LogP contribution in [0.25, 0.3) is 0 Å². The number of carbonyl (C=O) groups is 2. The molecule has 0 unspecified atom stereocenters. The van der Waals surface area contributed by atoms with Crippen molar-refractivity contribution in [3.05, 3.63) is 76.8 Å². The zero-order chi connectivity index (χ0) is 19.2. The fourth-order valence-electron chi connectivity index (χ4n) is 2.43. The largest absolute Gasteiger partial charge is 0.454 e. The first-order chi connectivity index (χ1) is 13.1. The van der Waals surface area contributed by atoms with Crippen LogP contribution in [0.15, 0.2) is 58.2 Å². The van der Waals surface area contributed by atoms with E-state index < -0.39 is 5.97 Å². The summed E-state index contributed by atoms with van der Waals surface area (Å²) >= 11 is 1.40. The van der Waals surface area contributed by atoms with Gasteiger partial charge in [0.1, 0.15) is 10.8 Å². The Labute approximate surface area is 160 Å². The minimum atomic E-state index is -0.575. The summed E-state index contributed by atoms with van der Waals surface area (Å²) in [6.45, 7) is 3.40. The van der Waals surface area contributed by atoms with E-state index in [1.54, 1.807) is 42.6 Å². The van der Waals surface area contributed by atoms with E-state index in [0.717, 1.165) is 17.0 Å². The van der Waals surface area contributed by atoms with Crippen LogP contribution >= 0.6 is 11.8 Å². The third-order valence-electron chi connectivity index (χ3n) is 3.96. The van der Waals surface area contributed by atoms with Crippen molar-refractivity contribution < 1.29 is 18.8 Å². The summed E-state index contributed by atoms with van der Waals surface area (Å²) in [6, 6.07) is 12.0. The highest BCUT2D eigenvalue weighted by molar-refractivity contribution is 7.98. The summed E-state index contributed by atoms with van der Waals surface area (Å²) in [5.41, 5.74) is 2.62. The number of thioether (sulfide) groups is 1. The number of hydrogen-bond donors (Lipinski definition) is 0. The average Bonchev–Trinajstić information content (AvgIpc) is 3.02. The zero-order valence-electron chi connectivity index (χ0n) is 15.0. The van der Waals surface area contributed by atoms with E-state index in [1.807, 2.05) is 19.9 Å². The molecule has 3 rings (SSSR count). The summed E-state index contributed by atoms with van der Waals surface area (Å²) in [4.78, 5) is 28.8. The molecule has 0 aliphatic carbocycles. The standard InChI is InChI=1S/C20H18N2O4S/c1-13-17(14(2)26-22-13)12-27-19-16(9-6-10-21-19)20(24)25-11-18(23)15-7-4-3-5-8-15/h3-10H,11-12H2,1-2H3. The van der Waals surface area contributed by atoms with Gasteiger partial charge in [0.15, 0.2) is 12.4 Å². The quantitative estimate of drug-likeness (QED) is 0.347. The highest BCUT2D eigenvalue weighted by Crippen LogP contribution is 2.27. The Bertz CT molecular complexity index is 934. The zero-order valence-corrected chi connectivity index (χ0v) is 15.8. The van der Waals surface area contributed by atoms with Crippen molar-refractivity contribution in [3.63, 3.8) is 0 Å². The first-order valence-corrected chi connectivity index (χ1v) is 9.29. The monoisotopic (exact) mass is 382 g/mol. The lowest BCUT2D eigenvalue weighted by atomic mass is 10.1. The Hall–Kier alpha value is -2.93. The number of aromatic nitrogens is 2. The van der Waals surface area contributed by atoms with Gasteiger partial charge in [0.25, 0.3) is 0 Å². The average molecular weight is 382 g/mol. The van der Waals surface area contributed by atoms with E-state index in [9.17, 15) is 9.59 Å². The molecule has 0 amide bonds. The van der Waals surface area contributed by atoms with Crippen LogP contribution in [0, 0.1) is 13.8 Å². The molecule has 0 N–H and O–H groups in total. The minimum Gasteiger partial charge on any atom is -0.454 e. The second-order valence-electron chi connectivity index (χ2n) is 5.81. The van der Waals surface area contributed by atoms with E-state index in [2.05, 4.69) is 10.1 Å². The van der Waals surface area contributed by atoms with Gasteiger partial charge in [0, 0.05) is 23.1 Å². The van der Waals surface area contributed by atoms with Crippen molar-refractivity contribution in [3.8, 4) is 0 Å². The highest BCUT2D eigenvalue weighted by atomic mass is 32.2. The van der Waals surface area contributed by atoms with Gasteiger partial charge in [-0.3, -0.25) is 4.79 Å². The van der Waals surface area contributed by atoms with E-state index in [4.69, 9.17) is 9.26 Å². The van der Waals surface area contributed by atoms with Gasteiger partial charge < -0.3 is 9.26 Å². The SMILES string of the molecule is Cc1noc(C)c1CSc1ncccc1C(=O)OCC(=O)c1ccccc1. The second kappa shape index (κ2) is 8.64. The van der Waals surface area contributed by atoms with Gasteiger partial charge in [-0.05, 0) is 26.0 Å². The molecule has 2 aromatic heterocycles. The number of rotatable bonds is 7. The summed E-state index contributed by atoms with van der Waals surface area (Å²) in [7, 11) is 0. The van der Waals surface area contributed by atoms with Gasteiger partial charge in [-0.25, -0.2) is 9.78 Å². The van der Waals surface area contributed by atoms with Crippen LogP contribution in [0.3, 0.4) is 0 Å². The smallest absolute Gasteiger partial charge is 0.341 e. The third-order valence-corrected chi connectivity index (χ3v) is 4.99. The Morgan fingerprint density at radius 2 is 1.89 bits per heavy atom. The van der Waals surface area contributed by atoms with Crippen molar-refractivity contribution in [2.45, 2.75) is 24.6 Å². The molecule has 0 saturated heterocycles. The second-order valence-corrected chi connectivity index (χ2v) is 6.78. The predicted molar refractivity (Wildman–Crippen MR) is 101 cm³/mol. The number of Topliss-reactive ketones (excluding diaryl/α,β-unsaturated/α-hetero) is 1. The van der Waals surface area contributed by atoms with Crippen molar-refractivity contribution in [2.75, 3.05) is 6.61 Å². The van der Waals surface area contributed by atoms with Gasteiger partial charge >= 0.3 is 5.97 Å². The van der Waals surface area contributed by atoms with Crippen molar-refractivity contribution in [2.24, 2.45) is 0 Å². The molecule has 7 heteroatoms. The predicted octanol–water partition coefficient (Wildman–Crippen LogP) is 4.02. The normalized spacial score (nSPS) is 10.6. The van der Waals surface area contributed by atoms with Crippen LogP contribution in [0.1, 0.15) is 37.7 Å². The molecule has 0 aliphatic heterocycles. The van der Waals surface area contributed by atoms with Gasteiger partial charge in [-0.1, -0.05) is 35.5 Å². The molecule has 0 fully saturated rings. The Morgan fingerprint density at radius 1 is 1.11 bits per heavy atom. The van der Waals surface area contributed by atoms with Crippen LogP contribution in [-0.4, -0.2) is 28.5 Å². The van der Waals surface area contributed by atoms with Crippen LogP contribution in [0.5, 0.6) is 0 Å². The van der Waals surface area contributed by atoms with Gasteiger partial charge in [0.05, 0.1) is 11.3 Å². The molecule has 3 aromatic rings. The maximum Gasteiger partial charge on any atom is 0.341 e. The lowest BCUT2D eigenvalue weighted by molar-refractivity contribution is 0.0470. The number of pyridine rings is 1. The van der Waals surface area contributed by atoms with Gasteiger partial charge in [0.2, 0.25) is 0 Å². The fourth-order valence-corrected chi connectivity index (χ4v) is 3.56. The molecule has 0 atom stereocenters. The Morgan fingerprint density at radius 3 is 2.59 bits per heavy atom. The topological polar surface area (TPSA) is 82.3 Å². The Balaban J connectivity index is 1.66. The van der Waals surface area contributed by atoms with Crippen LogP contribution in [0.4, 0.5) is 0 Å². The van der Waals surface area contributed by atoms with E-state index >= 15 is 0 Å². The van der Waals surface area contributed by atoms with E-state index in [1.165, 1.54) is 11.8 Å². The van der Waals surface area contributed by atoms with E-state index in [0.29, 0.717) is 21.9 Å². The minimum absolute atomic E-state index is 0.252. The van der Waals surface area contributed by atoms with E-state index in [-0.39, 0.29) is 12.4 Å². The maximum absolute atomic E-state index is 12.4. The number of ether oxygens (including phenoxy) is 1. The molecule has 0 spiro atoms. The number of hydrogen-bond acceptors (Lipinski definition) is 7. The number of benzene rings is 1. The molecule has 0 saturated carbocycles. The molecule has 0 bridgehead atoms. The molecular weight excluding hydrogens is 364 g/mol. The molecular formula is C20H18N2O4S. The molecule has 6 nitrogen and oxygen atoms in total. The molecule has 0 aliphatic rings. The van der Waals surface area contributed by atoms with Crippen LogP contribution in [-0.2, 0) is 10.5 Å². The van der Waals surface area contributed by atoms with Crippen molar-refractivity contribution in [1.29, 1.82) is 0 Å². The lowest BCUT2D eigenvalue weighted by Crippen LogP contribution is -2.15. The van der Waals surface area contributed by atoms with Gasteiger partial charge in [-0.15, -0.1) is 11.8 Å². The fraction of sp³-hybridized carbons (Fsp3) is 0.200. The van der Waals surface area contributed by atoms with Gasteiger partial charge in [-0.2, -0.15) is 0 Å². The maximum atomic E-state index is 12.4. The molecule has 2 heterocycles. The number of nitrogens with zero attached hydrogens (tertiary/aromatic N) is 2. The summed E-state index contributed by atoms with van der Waals surface area (Å²) in [5.74, 6) is 0.487. The van der Waals surface area contributed by atoms with Crippen molar-refractivity contribution >= 4 is 23.5 Å². The van der Waals surface area contributed by atoms with Crippen LogP contribution in [0.2, 0.25) is 0 Å². The van der Waals surface area contributed by atoms with Crippen molar-refractivity contribution in [1.82, 2.24) is 10.1 Å². The third kappa shape index (κ3) is 4.62. The molecule has 1 aromatic carbocycles. The summed E-state index contributed by atoms with van der Waals surface area (Å²) in [5, 5.41) is 4.46. The first-order valence-electron chi connectivity index (χ1n) is 8.31. The van der Waals surface area contributed by atoms with Crippen LogP contribution < -0.4 is 0 Å². The number of esters is 1. The Kier molecular flexibility index (Phi) is 6.03. The molecule has 27 heavy (non-hydrogen) atoms. The first kappa shape index (κ1) is 18.8. The molecule has 138 valence electrons. The highest BCUT2D eigenvalue weighted by Gasteiger charge is 2.18. The lowest BCUT2D eigenvalue weighted by Gasteiger charge is -2.08. The summed E-state index contributed by atoms with van der Waals surface area (Å²) in [6.07, 6.45) is 1.61. The molecule has 0 radical (unpaired) electrons. The number of carbonyl (C=O) groups excluding carboxylic acids is 2. The number of aryl methyl sites for hydroxylation is 2. The number of ketones is 1. The summed E-state index contributed by atoms with van der Waals surface area (Å²) < 4.78 is 10.4.